The molecule has 0 aliphatic carbocycles. The SMILES string of the molecule is COc1cc2ncc(-c3ccc(CNS(=O)O)cc3)n2cc1OC. The Bertz CT molecular complexity index is 877. The number of pyridine rings is 1. The van der Waals surface area contributed by atoms with E-state index < -0.39 is 11.3 Å². The van der Waals surface area contributed by atoms with Crippen LogP contribution in [0.15, 0.2) is 42.7 Å². The Hall–Kier alpha value is -2.42. The Balaban J connectivity index is 1.95. The molecule has 0 saturated carbocycles. The second kappa shape index (κ2) is 7.00. The van der Waals surface area contributed by atoms with Crippen molar-refractivity contribution in [1.82, 2.24) is 14.1 Å². The van der Waals surface area contributed by atoms with Crippen molar-refractivity contribution >= 4 is 16.9 Å². The van der Waals surface area contributed by atoms with Crippen molar-refractivity contribution in [1.29, 1.82) is 0 Å². The number of hydrogen-bond donors (Lipinski definition) is 2. The number of ether oxygens (including phenoxy) is 2. The van der Waals surface area contributed by atoms with Crippen LogP contribution in [0.1, 0.15) is 5.56 Å². The van der Waals surface area contributed by atoms with Gasteiger partial charge in [0, 0.05) is 18.2 Å². The summed E-state index contributed by atoms with van der Waals surface area (Å²) in [5.74, 6) is 1.25. The Kier molecular flexibility index (Phi) is 4.79. The minimum absolute atomic E-state index is 0.321. The summed E-state index contributed by atoms with van der Waals surface area (Å²) in [5, 5.41) is 0. The fourth-order valence-corrected chi connectivity index (χ4v) is 2.74. The van der Waals surface area contributed by atoms with Crippen molar-refractivity contribution in [2.75, 3.05) is 14.2 Å². The van der Waals surface area contributed by atoms with Gasteiger partial charge in [-0.2, -0.15) is 0 Å². The molecule has 126 valence electrons. The summed E-state index contributed by atoms with van der Waals surface area (Å²) in [5.41, 5.74) is 3.55. The van der Waals surface area contributed by atoms with Gasteiger partial charge in [-0.1, -0.05) is 24.3 Å². The van der Waals surface area contributed by atoms with E-state index in [1.165, 1.54) is 0 Å². The topological polar surface area (TPSA) is 85.1 Å². The largest absolute Gasteiger partial charge is 0.493 e. The van der Waals surface area contributed by atoms with Crippen LogP contribution < -0.4 is 14.2 Å². The molecule has 0 bridgehead atoms. The van der Waals surface area contributed by atoms with Crippen molar-refractivity contribution in [2.45, 2.75) is 6.54 Å². The van der Waals surface area contributed by atoms with Gasteiger partial charge in [-0.3, -0.25) is 8.95 Å². The maximum atomic E-state index is 10.7. The molecule has 0 radical (unpaired) electrons. The average Bonchev–Trinajstić information content (AvgIpc) is 3.01. The fraction of sp³-hybridized carbons (Fsp3) is 0.188. The van der Waals surface area contributed by atoms with E-state index >= 15 is 0 Å². The Morgan fingerprint density at radius 1 is 1.21 bits per heavy atom. The molecule has 1 unspecified atom stereocenters. The third-order valence-electron chi connectivity index (χ3n) is 3.66. The summed E-state index contributed by atoms with van der Waals surface area (Å²) >= 11 is -2.02. The molecule has 0 aliphatic heterocycles. The Morgan fingerprint density at radius 3 is 2.54 bits per heavy atom. The van der Waals surface area contributed by atoms with Gasteiger partial charge in [-0.05, 0) is 5.56 Å². The second-order valence-corrected chi connectivity index (χ2v) is 5.84. The van der Waals surface area contributed by atoms with Gasteiger partial charge >= 0.3 is 0 Å². The van der Waals surface area contributed by atoms with Crippen LogP contribution in [0.3, 0.4) is 0 Å². The van der Waals surface area contributed by atoms with Crippen LogP contribution >= 0.6 is 0 Å². The predicted octanol–water partition coefficient (Wildman–Crippen LogP) is 2.24. The van der Waals surface area contributed by atoms with Gasteiger partial charge in [0.05, 0.1) is 32.3 Å². The van der Waals surface area contributed by atoms with Gasteiger partial charge in [0.2, 0.25) is 11.3 Å². The van der Waals surface area contributed by atoms with Gasteiger partial charge in [-0.15, -0.1) is 0 Å². The van der Waals surface area contributed by atoms with Gasteiger partial charge < -0.3 is 9.47 Å². The van der Waals surface area contributed by atoms with Gasteiger partial charge in [-0.25, -0.2) is 13.9 Å². The van der Waals surface area contributed by atoms with Crippen LogP contribution in [0.5, 0.6) is 11.5 Å². The lowest BCUT2D eigenvalue weighted by molar-refractivity contribution is 0.353. The fourth-order valence-electron chi connectivity index (χ4n) is 2.45. The molecule has 3 rings (SSSR count). The third-order valence-corrected chi connectivity index (χ3v) is 4.06. The average molecular weight is 347 g/mol. The van der Waals surface area contributed by atoms with Crippen LogP contribution in [0.2, 0.25) is 0 Å². The summed E-state index contributed by atoms with van der Waals surface area (Å²) < 4.78 is 34.4. The van der Waals surface area contributed by atoms with E-state index in [9.17, 15) is 4.21 Å². The lowest BCUT2D eigenvalue weighted by atomic mass is 10.1. The first-order valence-electron chi connectivity index (χ1n) is 7.15. The zero-order valence-electron chi connectivity index (χ0n) is 13.2. The number of rotatable bonds is 6. The molecule has 0 saturated heterocycles. The van der Waals surface area contributed by atoms with E-state index in [-0.39, 0.29) is 0 Å². The summed E-state index contributed by atoms with van der Waals surface area (Å²) in [6, 6.07) is 9.50. The highest BCUT2D eigenvalue weighted by Crippen LogP contribution is 2.30. The number of imidazole rings is 1. The monoisotopic (exact) mass is 347 g/mol. The highest BCUT2D eigenvalue weighted by molar-refractivity contribution is 7.77. The molecule has 3 aromatic rings. The molecule has 2 N–H and O–H groups in total. The number of nitrogens with one attached hydrogen (secondary N) is 1. The zero-order chi connectivity index (χ0) is 17.1. The van der Waals surface area contributed by atoms with Crippen LogP contribution in [0.25, 0.3) is 16.9 Å². The molecule has 2 heterocycles. The van der Waals surface area contributed by atoms with Crippen LogP contribution in [-0.2, 0) is 17.8 Å². The minimum atomic E-state index is -2.02. The maximum absolute atomic E-state index is 10.7. The molecule has 0 aliphatic rings. The molecule has 1 atom stereocenters. The van der Waals surface area contributed by atoms with Crippen molar-refractivity contribution in [3.05, 3.63) is 48.3 Å². The van der Waals surface area contributed by atoms with Gasteiger partial charge in [0.1, 0.15) is 5.65 Å². The quantitative estimate of drug-likeness (QED) is 0.668. The Morgan fingerprint density at radius 2 is 1.92 bits per heavy atom. The maximum Gasteiger partial charge on any atom is 0.232 e. The molecule has 7 nitrogen and oxygen atoms in total. The molecule has 24 heavy (non-hydrogen) atoms. The molecule has 0 amide bonds. The molecular weight excluding hydrogens is 330 g/mol. The summed E-state index contributed by atoms with van der Waals surface area (Å²) in [7, 11) is 3.18. The van der Waals surface area contributed by atoms with Gasteiger partial charge in [0.15, 0.2) is 11.5 Å². The van der Waals surface area contributed by atoms with Crippen LogP contribution in [0, 0.1) is 0 Å². The molecule has 0 fully saturated rings. The van der Waals surface area contributed by atoms with E-state index in [2.05, 4.69) is 9.71 Å². The van der Waals surface area contributed by atoms with E-state index in [0.717, 1.165) is 22.5 Å². The van der Waals surface area contributed by atoms with Crippen molar-refractivity contribution < 1.29 is 18.2 Å². The molecule has 0 spiro atoms. The predicted molar refractivity (Wildman–Crippen MR) is 91.3 cm³/mol. The van der Waals surface area contributed by atoms with Crippen molar-refractivity contribution in [2.24, 2.45) is 0 Å². The highest BCUT2D eigenvalue weighted by atomic mass is 32.2. The van der Waals surface area contributed by atoms with E-state index in [1.807, 2.05) is 40.9 Å². The van der Waals surface area contributed by atoms with Crippen LogP contribution in [-0.4, -0.2) is 32.4 Å². The first-order valence-corrected chi connectivity index (χ1v) is 8.26. The first kappa shape index (κ1) is 16.4. The smallest absolute Gasteiger partial charge is 0.232 e. The highest BCUT2D eigenvalue weighted by Gasteiger charge is 2.11. The second-order valence-electron chi connectivity index (χ2n) is 5.05. The van der Waals surface area contributed by atoms with Crippen LogP contribution in [0.4, 0.5) is 0 Å². The van der Waals surface area contributed by atoms with E-state index in [0.29, 0.717) is 18.0 Å². The zero-order valence-corrected chi connectivity index (χ0v) is 14.0. The first-order chi connectivity index (χ1) is 11.6. The molecule has 2 aromatic heterocycles. The van der Waals surface area contributed by atoms with Crippen molar-refractivity contribution in [3.63, 3.8) is 0 Å². The van der Waals surface area contributed by atoms with E-state index in [1.54, 1.807) is 20.4 Å². The number of fused-ring (bicyclic) bond motifs is 1. The molecule has 1 aromatic carbocycles. The molecular formula is C16H17N3O4S. The lowest BCUT2D eigenvalue weighted by Crippen LogP contribution is -2.15. The number of methoxy groups -OCH3 is 2. The van der Waals surface area contributed by atoms with Gasteiger partial charge in [0.25, 0.3) is 0 Å². The number of nitrogens with zero attached hydrogens (tertiary/aromatic N) is 2. The number of hydrogen-bond acceptors (Lipinski definition) is 4. The lowest BCUT2D eigenvalue weighted by Gasteiger charge is -2.09. The summed E-state index contributed by atoms with van der Waals surface area (Å²) in [6.07, 6.45) is 3.62. The number of aromatic nitrogens is 2. The Labute approximate surface area is 141 Å². The summed E-state index contributed by atoms with van der Waals surface area (Å²) in [4.78, 5) is 4.40. The molecule has 8 heteroatoms. The normalized spacial score (nSPS) is 12.3. The van der Waals surface area contributed by atoms with Crippen molar-refractivity contribution in [3.8, 4) is 22.8 Å². The third kappa shape index (κ3) is 3.25. The summed E-state index contributed by atoms with van der Waals surface area (Å²) in [6.45, 7) is 0.321. The standard InChI is InChI=1S/C16H17N3O4S/c1-22-14-7-16-17-9-13(19(16)10-15(14)23-2)12-5-3-11(4-6-12)8-18-24(20)21/h3-7,9-10,18H,8H2,1-2H3,(H,20,21). The minimum Gasteiger partial charge on any atom is -0.493 e. The van der Waals surface area contributed by atoms with E-state index in [4.69, 9.17) is 14.0 Å². The number of benzene rings is 1.